The summed E-state index contributed by atoms with van der Waals surface area (Å²) in [6.07, 6.45) is 0. The maximum absolute atomic E-state index is 12.6. The van der Waals surface area contributed by atoms with Crippen molar-refractivity contribution in [2.24, 2.45) is 0 Å². The first kappa shape index (κ1) is 19.4. The molecule has 0 fully saturated rings. The third kappa shape index (κ3) is 4.39. The number of rotatable bonds is 7. The highest BCUT2D eigenvalue weighted by atomic mass is 35.5. The van der Waals surface area contributed by atoms with Gasteiger partial charge in [0, 0.05) is 19.2 Å². The van der Waals surface area contributed by atoms with Gasteiger partial charge in [-0.1, -0.05) is 30.6 Å². The van der Waals surface area contributed by atoms with E-state index in [0.29, 0.717) is 24.5 Å². The summed E-state index contributed by atoms with van der Waals surface area (Å²) in [5, 5.41) is 3.77. The third-order valence-electron chi connectivity index (χ3n) is 3.52. The predicted octanol–water partition coefficient (Wildman–Crippen LogP) is 3.02. The summed E-state index contributed by atoms with van der Waals surface area (Å²) < 4.78 is 36.6. The van der Waals surface area contributed by atoms with E-state index in [0.717, 1.165) is 0 Å². The molecule has 0 radical (unpaired) electrons. The fourth-order valence-corrected chi connectivity index (χ4v) is 4.20. The SMILES string of the molecule is CCN(CC)S(=O)(=O)c1cc(C(=O)OCc2cc(C)on2)ccc1Cl. The molecule has 0 saturated heterocycles. The van der Waals surface area contributed by atoms with Crippen molar-refractivity contribution >= 4 is 27.6 Å². The number of ether oxygens (including phenoxy) is 1. The van der Waals surface area contributed by atoms with E-state index < -0.39 is 16.0 Å². The standard InChI is InChI=1S/C16H19ClN2O5S/c1-4-19(5-2)25(21,22)15-9-12(6-7-14(15)17)16(20)23-10-13-8-11(3)24-18-13/h6-9H,4-5,10H2,1-3H3. The molecular weight excluding hydrogens is 368 g/mol. The first-order chi connectivity index (χ1) is 11.8. The zero-order valence-corrected chi connectivity index (χ0v) is 15.7. The first-order valence-corrected chi connectivity index (χ1v) is 9.50. The van der Waals surface area contributed by atoms with Gasteiger partial charge in [0.15, 0.2) is 0 Å². The first-order valence-electron chi connectivity index (χ1n) is 7.68. The highest BCUT2D eigenvalue weighted by molar-refractivity contribution is 7.89. The van der Waals surface area contributed by atoms with Crippen molar-refractivity contribution in [1.29, 1.82) is 0 Å². The second kappa shape index (κ2) is 7.99. The van der Waals surface area contributed by atoms with Gasteiger partial charge in [-0.15, -0.1) is 0 Å². The fraction of sp³-hybridized carbons (Fsp3) is 0.375. The Balaban J connectivity index is 2.24. The smallest absolute Gasteiger partial charge is 0.338 e. The zero-order chi connectivity index (χ0) is 18.6. The maximum Gasteiger partial charge on any atom is 0.338 e. The van der Waals surface area contributed by atoms with Gasteiger partial charge in [0.2, 0.25) is 10.0 Å². The molecule has 0 amide bonds. The highest BCUT2D eigenvalue weighted by Gasteiger charge is 2.26. The summed E-state index contributed by atoms with van der Waals surface area (Å²) in [6, 6.07) is 5.66. The van der Waals surface area contributed by atoms with Crippen molar-refractivity contribution in [3.63, 3.8) is 0 Å². The minimum absolute atomic E-state index is 0.0515. The Labute approximate surface area is 151 Å². The van der Waals surface area contributed by atoms with Crippen LogP contribution in [0.3, 0.4) is 0 Å². The van der Waals surface area contributed by atoms with Crippen molar-refractivity contribution < 1.29 is 22.5 Å². The van der Waals surface area contributed by atoms with Crippen LogP contribution >= 0.6 is 11.6 Å². The molecule has 0 aliphatic heterocycles. The van der Waals surface area contributed by atoms with Crippen LogP contribution in [0.25, 0.3) is 0 Å². The van der Waals surface area contributed by atoms with Crippen molar-refractivity contribution in [2.45, 2.75) is 32.3 Å². The molecule has 25 heavy (non-hydrogen) atoms. The molecule has 0 spiro atoms. The molecule has 0 N–H and O–H groups in total. The molecule has 9 heteroatoms. The molecule has 2 rings (SSSR count). The maximum atomic E-state index is 12.6. The van der Waals surface area contributed by atoms with E-state index in [1.54, 1.807) is 26.8 Å². The zero-order valence-electron chi connectivity index (χ0n) is 14.2. The molecule has 1 heterocycles. The van der Waals surface area contributed by atoms with Gasteiger partial charge >= 0.3 is 5.97 Å². The molecule has 0 atom stereocenters. The van der Waals surface area contributed by atoms with Crippen LogP contribution in [-0.4, -0.2) is 36.9 Å². The number of hydrogen-bond acceptors (Lipinski definition) is 6. The molecule has 2 aromatic rings. The van der Waals surface area contributed by atoms with E-state index in [2.05, 4.69) is 5.16 Å². The van der Waals surface area contributed by atoms with Crippen LogP contribution in [0.5, 0.6) is 0 Å². The molecule has 0 saturated carbocycles. The van der Waals surface area contributed by atoms with Crippen LogP contribution in [0.4, 0.5) is 0 Å². The summed E-state index contributed by atoms with van der Waals surface area (Å²) in [5.74, 6) is -0.0709. The summed E-state index contributed by atoms with van der Waals surface area (Å²) in [7, 11) is -3.79. The van der Waals surface area contributed by atoms with E-state index in [4.69, 9.17) is 20.9 Å². The van der Waals surface area contributed by atoms with Crippen LogP contribution < -0.4 is 0 Å². The Morgan fingerprint density at radius 3 is 2.52 bits per heavy atom. The molecule has 7 nitrogen and oxygen atoms in total. The Bertz CT molecular complexity index is 859. The van der Waals surface area contributed by atoms with Gasteiger partial charge in [-0.05, 0) is 25.1 Å². The average Bonchev–Trinajstić information content (AvgIpc) is 2.99. The number of carbonyl (C=O) groups is 1. The van der Waals surface area contributed by atoms with Crippen molar-refractivity contribution in [3.8, 4) is 0 Å². The third-order valence-corrected chi connectivity index (χ3v) is 6.05. The Hall–Kier alpha value is -1.90. The Kier molecular flexibility index (Phi) is 6.21. The quantitative estimate of drug-likeness (QED) is 0.679. The number of hydrogen-bond donors (Lipinski definition) is 0. The van der Waals surface area contributed by atoms with Gasteiger partial charge in [0.25, 0.3) is 0 Å². The van der Waals surface area contributed by atoms with Crippen LogP contribution in [0, 0.1) is 6.92 Å². The molecule has 0 aliphatic rings. The van der Waals surface area contributed by atoms with Crippen molar-refractivity contribution in [3.05, 3.63) is 46.3 Å². The fourth-order valence-electron chi connectivity index (χ4n) is 2.24. The van der Waals surface area contributed by atoms with Gasteiger partial charge in [0.05, 0.1) is 10.6 Å². The minimum atomic E-state index is -3.79. The van der Waals surface area contributed by atoms with Crippen LogP contribution in [-0.2, 0) is 21.4 Å². The molecular formula is C16H19ClN2O5S. The van der Waals surface area contributed by atoms with Gasteiger partial charge in [-0.25, -0.2) is 13.2 Å². The molecule has 1 aromatic heterocycles. The summed E-state index contributed by atoms with van der Waals surface area (Å²) in [6.45, 7) is 5.71. The molecule has 0 aliphatic carbocycles. The molecule has 0 bridgehead atoms. The lowest BCUT2D eigenvalue weighted by Crippen LogP contribution is -2.31. The number of benzene rings is 1. The minimum Gasteiger partial charge on any atom is -0.455 e. The monoisotopic (exact) mass is 386 g/mol. The summed E-state index contributed by atoms with van der Waals surface area (Å²) in [5.41, 5.74) is 0.561. The van der Waals surface area contributed by atoms with E-state index >= 15 is 0 Å². The second-order valence-corrected chi connectivity index (χ2v) is 7.55. The lowest BCUT2D eigenvalue weighted by atomic mass is 10.2. The van der Waals surface area contributed by atoms with Crippen LogP contribution in [0.15, 0.2) is 33.7 Å². The number of aryl methyl sites for hydroxylation is 1. The van der Waals surface area contributed by atoms with E-state index in [9.17, 15) is 13.2 Å². The van der Waals surface area contributed by atoms with Crippen LogP contribution in [0.1, 0.15) is 35.7 Å². The summed E-state index contributed by atoms with van der Waals surface area (Å²) >= 11 is 6.04. The largest absolute Gasteiger partial charge is 0.455 e. The Morgan fingerprint density at radius 2 is 1.96 bits per heavy atom. The number of halogens is 1. The van der Waals surface area contributed by atoms with Gasteiger partial charge in [-0.3, -0.25) is 0 Å². The van der Waals surface area contributed by atoms with Crippen molar-refractivity contribution in [1.82, 2.24) is 9.46 Å². The van der Waals surface area contributed by atoms with Gasteiger partial charge in [-0.2, -0.15) is 4.31 Å². The number of aromatic nitrogens is 1. The lowest BCUT2D eigenvalue weighted by molar-refractivity contribution is 0.0464. The van der Waals surface area contributed by atoms with Crippen molar-refractivity contribution in [2.75, 3.05) is 13.1 Å². The number of sulfonamides is 1. The summed E-state index contributed by atoms with van der Waals surface area (Å²) in [4.78, 5) is 12.1. The molecule has 136 valence electrons. The number of esters is 1. The normalized spacial score (nSPS) is 11.7. The van der Waals surface area contributed by atoms with Gasteiger partial charge < -0.3 is 9.26 Å². The Morgan fingerprint density at radius 1 is 1.28 bits per heavy atom. The number of carbonyl (C=O) groups excluding carboxylic acids is 1. The highest BCUT2D eigenvalue weighted by Crippen LogP contribution is 2.26. The lowest BCUT2D eigenvalue weighted by Gasteiger charge is -2.19. The second-order valence-electron chi connectivity index (χ2n) is 5.24. The molecule has 1 aromatic carbocycles. The van der Waals surface area contributed by atoms with Gasteiger partial charge in [0.1, 0.15) is 23.0 Å². The topological polar surface area (TPSA) is 89.7 Å². The molecule has 0 unspecified atom stereocenters. The average molecular weight is 387 g/mol. The number of nitrogens with zero attached hydrogens (tertiary/aromatic N) is 2. The van der Waals surface area contributed by atoms with Crippen LogP contribution in [0.2, 0.25) is 5.02 Å². The van der Waals surface area contributed by atoms with E-state index in [-0.39, 0.29) is 22.1 Å². The van der Waals surface area contributed by atoms with E-state index in [1.807, 2.05) is 0 Å². The van der Waals surface area contributed by atoms with E-state index in [1.165, 1.54) is 22.5 Å². The predicted molar refractivity (Wildman–Crippen MR) is 91.9 cm³/mol.